The van der Waals surface area contributed by atoms with Crippen molar-refractivity contribution in [3.8, 4) is 11.8 Å². The van der Waals surface area contributed by atoms with Gasteiger partial charge in [0.25, 0.3) is 5.91 Å². The van der Waals surface area contributed by atoms with Gasteiger partial charge in [-0.05, 0) is 97.9 Å². The number of aryl methyl sites for hydroxylation is 1. The van der Waals surface area contributed by atoms with Gasteiger partial charge in [-0.25, -0.2) is 4.39 Å². The van der Waals surface area contributed by atoms with Crippen molar-refractivity contribution in [1.82, 2.24) is 0 Å². The number of amides is 1. The Morgan fingerprint density at radius 2 is 1.84 bits per heavy atom. The molecule has 0 saturated heterocycles. The molecule has 0 bridgehead atoms. The number of ether oxygens (including phenoxy) is 1. The summed E-state index contributed by atoms with van der Waals surface area (Å²) in [6.07, 6.45) is 1.50. The highest BCUT2D eigenvalue weighted by atomic mass is 79.9. The summed E-state index contributed by atoms with van der Waals surface area (Å²) in [5.74, 6) is -0.288. The Morgan fingerprint density at radius 1 is 1.13 bits per heavy atom. The molecule has 3 rings (SSSR count). The Kier molecular flexibility index (Phi) is 7.61. The first-order valence-electron chi connectivity index (χ1n) is 9.22. The van der Waals surface area contributed by atoms with Crippen LogP contribution in [0.5, 0.6) is 5.75 Å². The Morgan fingerprint density at radius 3 is 2.48 bits per heavy atom. The summed E-state index contributed by atoms with van der Waals surface area (Å²) < 4.78 is 20.4. The maximum absolute atomic E-state index is 13.3. The molecular weight excluding hydrogens is 527 g/mol. The minimum atomic E-state index is -0.494. The number of anilines is 1. The van der Waals surface area contributed by atoms with Gasteiger partial charge in [-0.1, -0.05) is 24.3 Å². The van der Waals surface area contributed by atoms with E-state index in [1.165, 1.54) is 18.2 Å². The Labute approximate surface area is 196 Å². The molecule has 0 aliphatic heterocycles. The van der Waals surface area contributed by atoms with Gasteiger partial charge in [0.1, 0.15) is 29.8 Å². The molecule has 3 aromatic carbocycles. The topological polar surface area (TPSA) is 62.1 Å². The van der Waals surface area contributed by atoms with E-state index in [1.807, 2.05) is 31.2 Å². The molecule has 4 nitrogen and oxygen atoms in total. The number of rotatable bonds is 6. The Bertz CT molecular complexity index is 1180. The summed E-state index contributed by atoms with van der Waals surface area (Å²) >= 11 is 6.91. The summed E-state index contributed by atoms with van der Waals surface area (Å²) in [4.78, 5) is 12.5. The van der Waals surface area contributed by atoms with Crippen LogP contribution in [0.25, 0.3) is 6.08 Å². The highest BCUT2D eigenvalue weighted by Crippen LogP contribution is 2.36. The first-order chi connectivity index (χ1) is 14.9. The van der Waals surface area contributed by atoms with E-state index >= 15 is 0 Å². The van der Waals surface area contributed by atoms with Gasteiger partial charge < -0.3 is 10.1 Å². The second-order valence-electron chi connectivity index (χ2n) is 6.73. The summed E-state index contributed by atoms with van der Waals surface area (Å²) in [6.45, 7) is 2.11. The SMILES string of the molecule is Cc1cccc(NC(=O)/C(C#N)=C\c2cc(Br)c(OCc3cccc(F)c3)c(Br)c2)c1. The predicted octanol–water partition coefficient (Wildman–Crippen LogP) is 6.78. The van der Waals surface area contributed by atoms with Gasteiger partial charge in [0.15, 0.2) is 0 Å². The number of carbonyl (C=O) groups is 1. The van der Waals surface area contributed by atoms with Crippen LogP contribution in [-0.4, -0.2) is 5.91 Å². The average molecular weight is 544 g/mol. The zero-order valence-corrected chi connectivity index (χ0v) is 19.6. The summed E-state index contributed by atoms with van der Waals surface area (Å²) in [7, 11) is 0. The molecule has 0 aliphatic carbocycles. The highest BCUT2D eigenvalue weighted by molar-refractivity contribution is 9.11. The number of hydrogen-bond acceptors (Lipinski definition) is 3. The lowest BCUT2D eigenvalue weighted by molar-refractivity contribution is -0.112. The Balaban J connectivity index is 1.77. The molecule has 3 aromatic rings. The summed E-state index contributed by atoms with van der Waals surface area (Å²) in [5.41, 5.74) is 2.92. The van der Waals surface area contributed by atoms with Crippen LogP contribution in [0.2, 0.25) is 0 Å². The van der Waals surface area contributed by atoms with Crippen LogP contribution >= 0.6 is 31.9 Å². The monoisotopic (exact) mass is 542 g/mol. The minimum Gasteiger partial charge on any atom is -0.487 e. The molecule has 0 saturated carbocycles. The van der Waals surface area contributed by atoms with Crippen LogP contribution in [0.4, 0.5) is 10.1 Å². The molecule has 0 fully saturated rings. The van der Waals surface area contributed by atoms with E-state index in [0.29, 0.717) is 31.5 Å². The summed E-state index contributed by atoms with van der Waals surface area (Å²) in [5, 5.41) is 12.2. The van der Waals surface area contributed by atoms with Gasteiger partial charge >= 0.3 is 0 Å². The lowest BCUT2D eigenvalue weighted by Crippen LogP contribution is -2.13. The van der Waals surface area contributed by atoms with E-state index in [2.05, 4.69) is 37.2 Å². The molecule has 0 heterocycles. The van der Waals surface area contributed by atoms with Crippen LogP contribution in [0, 0.1) is 24.1 Å². The quantitative estimate of drug-likeness (QED) is 0.275. The number of benzene rings is 3. The Hall–Kier alpha value is -2.95. The van der Waals surface area contributed by atoms with Crippen LogP contribution in [0.15, 0.2) is 75.2 Å². The standard InChI is InChI=1S/C24H17Br2FN2O2/c1-15-4-2-7-20(8-15)29-24(30)18(13-28)9-17-11-21(25)23(22(26)12-17)31-14-16-5-3-6-19(27)10-16/h2-12H,14H2,1H3,(H,29,30)/b18-9-. The third-order valence-corrected chi connectivity index (χ3v) is 5.42. The smallest absolute Gasteiger partial charge is 0.266 e. The van der Waals surface area contributed by atoms with Crippen LogP contribution in [-0.2, 0) is 11.4 Å². The molecule has 7 heteroatoms. The molecular formula is C24H17Br2FN2O2. The van der Waals surface area contributed by atoms with Crippen molar-refractivity contribution in [2.45, 2.75) is 13.5 Å². The molecule has 0 spiro atoms. The van der Waals surface area contributed by atoms with Gasteiger partial charge in [-0.15, -0.1) is 0 Å². The van der Waals surface area contributed by atoms with Crippen molar-refractivity contribution in [2.75, 3.05) is 5.32 Å². The number of nitrogens with zero attached hydrogens (tertiary/aromatic N) is 1. The molecule has 156 valence electrons. The van der Waals surface area contributed by atoms with Crippen molar-refractivity contribution >= 4 is 49.5 Å². The molecule has 0 aromatic heterocycles. The first-order valence-corrected chi connectivity index (χ1v) is 10.8. The lowest BCUT2D eigenvalue weighted by atomic mass is 10.1. The van der Waals surface area contributed by atoms with Crippen molar-refractivity contribution in [1.29, 1.82) is 5.26 Å². The van der Waals surface area contributed by atoms with Crippen molar-refractivity contribution < 1.29 is 13.9 Å². The third kappa shape index (κ3) is 6.27. The maximum Gasteiger partial charge on any atom is 0.266 e. The van der Waals surface area contributed by atoms with E-state index < -0.39 is 5.91 Å². The van der Waals surface area contributed by atoms with E-state index in [1.54, 1.807) is 30.3 Å². The first kappa shape index (κ1) is 22.7. The second kappa shape index (κ2) is 10.4. The van der Waals surface area contributed by atoms with Crippen molar-refractivity contribution in [3.05, 3.63) is 97.7 Å². The lowest BCUT2D eigenvalue weighted by Gasteiger charge is -2.12. The second-order valence-corrected chi connectivity index (χ2v) is 8.43. The highest BCUT2D eigenvalue weighted by Gasteiger charge is 2.13. The number of hydrogen-bond donors (Lipinski definition) is 1. The minimum absolute atomic E-state index is 0.0336. The molecule has 0 unspecified atom stereocenters. The largest absolute Gasteiger partial charge is 0.487 e. The van der Waals surface area contributed by atoms with Gasteiger partial charge in [-0.2, -0.15) is 5.26 Å². The van der Waals surface area contributed by atoms with Crippen LogP contribution in [0.1, 0.15) is 16.7 Å². The number of nitriles is 1. The third-order valence-electron chi connectivity index (χ3n) is 4.24. The fourth-order valence-electron chi connectivity index (χ4n) is 2.82. The van der Waals surface area contributed by atoms with E-state index in [9.17, 15) is 14.4 Å². The zero-order valence-electron chi connectivity index (χ0n) is 16.5. The van der Waals surface area contributed by atoms with E-state index in [4.69, 9.17) is 4.74 Å². The summed E-state index contributed by atoms with van der Waals surface area (Å²) in [6, 6.07) is 18.9. The molecule has 1 N–H and O–H groups in total. The van der Waals surface area contributed by atoms with Crippen LogP contribution in [0.3, 0.4) is 0 Å². The normalized spacial score (nSPS) is 11.0. The fourth-order valence-corrected chi connectivity index (χ4v) is 4.27. The van der Waals surface area contributed by atoms with Crippen molar-refractivity contribution in [2.24, 2.45) is 0 Å². The number of halogens is 3. The number of nitrogens with one attached hydrogen (secondary N) is 1. The fraction of sp³-hybridized carbons (Fsp3) is 0.0833. The zero-order chi connectivity index (χ0) is 22.4. The van der Waals surface area contributed by atoms with Crippen LogP contribution < -0.4 is 10.1 Å². The molecule has 31 heavy (non-hydrogen) atoms. The van der Waals surface area contributed by atoms with Gasteiger partial charge in [0.2, 0.25) is 0 Å². The van der Waals surface area contributed by atoms with Gasteiger partial charge in [0.05, 0.1) is 8.95 Å². The maximum atomic E-state index is 13.3. The van der Waals surface area contributed by atoms with Crippen molar-refractivity contribution in [3.63, 3.8) is 0 Å². The molecule has 1 amide bonds. The number of carbonyl (C=O) groups excluding carboxylic acids is 1. The van der Waals surface area contributed by atoms with Gasteiger partial charge in [-0.3, -0.25) is 4.79 Å². The van der Waals surface area contributed by atoms with Gasteiger partial charge in [0, 0.05) is 5.69 Å². The molecule has 0 aliphatic rings. The van der Waals surface area contributed by atoms with E-state index in [0.717, 1.165) is 5.56 Å². The van der Waals surface area contributed by atoms with E-state index in [-0.39, 0.29) is 18.0 Å². The average Bonchev–Trinajstić information content (AvgIpc) is 2.71. The predicted molar refractivity (Wildman–Crippen MR) is 126 cm³/mol. The molecule has 0 atom stereocenters. The molecule has 0 radical (unpaired) electrons.